The summed E-state index contributed by atoms with van der Waals surface area (Å²) in [4.78, 5) is 2.40. The van der Waals surface area contributed by atoms with Gasteiger partial charge in [-0.15, -0.1) is 0 Å². The number of hydrogen-bond donors (Lipinski definition) is 1. The Labute approximate surface area is 119 Å². The van der Waals surface area contributed by atoms with Crippen LogP contribution in [-0.2, 0) is 6.54 Å². The molecule has 1 aromatic rings. The summed E-state index contributed by atoms with van der Waals surface area (Å²) in [6.45, 7) is 2.10. The lowest BCUT2D eigenvalue weighted by Crippen LogP contribution is -2.39. The van der Waals surface area contributed by atoms with E-state index < -0.39 is 0 Å². The molecule has 0 spiro atoms. The van der Waals surface area contributed by atoms with Crippen LogP contribution in [0.3, 0.4) is 0 Å². The summed E-state index contributed by atoms with van der Waals surface area (Å²) in [5, 5.41) is 0. The molecule has 100 valence electrons. The number of halogens is 1. The molecule has 3 heteroatoms. The van der Waals surface area contributed by atoms with Gasteiger partial charge in [0.05, 0.1) is 0 Å². The summed E-state index contributed by atoms with van der Waals surface area (Å²) in [6, 6.07) is 8.85. The first-order chi connectivity index (χ1) is 8.66. The zero-order valence-corrected chi connectivity index (χ0v) is 12.7. The molecule has 0 bridgehead atoms. The van der Waals surface area contributed by atoms with E-state index in [9.17, 15) is 0 Å². The first-order valence-corrected chi connectivity index (χ1v) is 7.63. The van der Waals surface area contributed by atoms with Crippen molar-refractivity contribution in [1.82, 2.24) is 4.90 Å². The Hall–Kier alpha value is -0.380. The second-order valence-electron chi connectivity index (χ2n) is 5.50. The second-order valence-corrected chi connectivity index (χ2v) is 6.35. The van der Waals surface area contributed by atoms with Gasteiger partial charge in [-0.3, -0.25) is 0 Å². The van der Waals surface area contributed by atoms with E-state index in [1.54, 1.807) is 0 Å². The fourth-order valence-electron chi connectivity index (χ4n) is 2.85. The van der Waals surface area contributed by atoms with Gasteiger partial charge in [0.2, 0.25) is 0 Å². The predicted octanol–water partition coefficient (Wildman–Crippen LogP) is 3.40. The zero-order chi connectivity index (χ0) is 13.0. The van der Waals surface area contributed by atoms with Crippen LogP contribution in [0.2, 0.25) is 0 Å². The Kier molecular flexibility index (Phi) is 5.22. The largest absolute Gasteiger partial charge is 0.327 e. The Morgan fingerprint density at radius 3 is 2.72 bits per heavy atom. The Morgan fingerprint density at radius 1 is 1.28 bits per heavy atom. The zero-order valence-electron chi connectivity index (χ0n) is 11.1. The fraction of sp³-hybridized carbons (Fsp3) is 0.600. The number of nitrogens with two attached hydrogens (primary N) is 1. The number of hydrogen-bond acceptors (Lipinski definition) is 2. The Morgan fingerprint density at radius 2 is 2.00 bits per heavy atom. The molecule has 0 amide bonds. The molecule has 0 aromatic heterocycles. The average Bonchev–Trinajstić information content (AvgIpc) is 2.35. The van der Waals surface area contributed by atoms with Gasteiger partial charge >= 0.3 is 0 Å². The van der Waals surface area contributed by atoms with Crippen molar-refractivity contribution in [3.8, 4) is 0 Å². The second kappa shape index (κ2) is 6.69. The molecular formula is C15H23BrN2. The Balaban J connectivity index is 1.88. The molecular weight excluding hydrogens is 288 g/mol. The molecule has 2 rings (SSSR count). The quantitative estimate of drug-likeness (QED) is 0.923. The van der Waals surface area contributed by atoms with Crippen LogP contribution in [0.4, 0.5) is 0 Å². The first-order valence-electron chi connectivity index (χ1n) is 6.84. The minimum absolute atomic E-state index is 0.403. The van der Waals surface area contributed by atoms with E-state index in [-0.39, 0.29) is 0 Å². The molecule has 2 unspecified atom stereocenters. The summed E-state index contributed by atoms with van der Waals surface area (Å²) in [6.07, 6.45) is 5.15. The smallest absolute Gasteiger partial charge is 0.0242 e. The average molecular weight is 311 g/mol. The van der Waals surface area contributed by atoms with E-state index in [0.29, 0.717) is 12.0 Å². The fourth-order valence-corrected chi connectivity index (χ4v) is 3.26. The lowest BCUT2D eigenvalue weighted by molar-refractivity contribution is 0.206. The van der Waals surface area contributed by atoms with Crippen molar-refractivity contribution in [2.45, 2.75) is 38.3 Å². The SMILES string of the molecule is CN(Cc1ccccc1Br)CC1CCCCC1N. The van der Waals surface area contributed by atoms with Crippen molar-refractivity contribution in [1.29, 1.82) is 0 Å². The summed E-state index contributed by atoms with van der Waals surface area (Å²) >= 11 is 3.61. The summed E-state index contributed by atoms with van der Waals surface area (Å²) < 4.78 is 1.20. The molecule has 2 N–H and O–H groups in total. The molecule has 2 nitrogen and oxygen atoms in total. The van der Waals surface area contributed by atoms with Gasteiger partial charge in [-0.25, -0.2) is 0 Å². The minimum atomic E-state index is 0.403. The van der Waals surface area contributed by atoms with Crippen molar-refractivity contribution in [3.63, 3.8) is 0 Å². The van der Waals surface area contributed by atoms with E-state index in [1.165, 1.54) is 35.7 Å². The van der Waals surface area contributed by atoms with Gasteiger partial charge < -0.3 is 10.6 Å². The molecule has 0 aliphatic heterocycles. The maximum Gasteiger partial charge on any atom is 0.0242 e. The third kappa shape index (κ3) is 3.81. The summed E-state index contributed by atoms with van der Waals surface area (Å²) in [5.41, 5.74) is 7.57. The summed E-state index contributed by atoms with van der Waals surface area (Å²) in [5.74, 6) is 0.672. The van der Waals surface area contributed by atoms with Gasteiger partial charge in [-0.1, -0.05) is 47.0 Å². The molecule has 1 saturated carbocycles. The van der Waals surface area contributed by atoms with Gasteiger partial charge in [-0.05, 0) is 37.4 Å². The van der Waals surface area contributed by atoms with Crippen LogP contribution in [0.15, 0.2) is 28.7 Å². The molecule has 18 heavy (non-hydrogen) atoms. The monoisotopic (exact) mass is 310 g/mol. The summed E-state index contributed by atoms with van der Waals surface area (Å²) in [7, 11) is 2.20. The minimum Gasteiger partial charge on any atom is -0.327 e. The molecule has 1 aromatic carbocycles. The van der Waals surface area contributed by atoms with Crippen molar-refractivity contribution in [2.75, 3.05) is 13.6 Å². The van der Waals surface area contributed by atoms with Crippen molar-refractivity contribution in [3.05, 3.63) is 34.3 Å². The molecule has 0 heterocycles. The van der Waals surface area contributed by atoms with Gasteiger partial charge in [-0.2, -0.15) is 0 Å². The van der Waals surface area contributed by atoms with Crippen LogP contribution in [0.1, 0.15) is 31.2 Å². The van der Waals surface area contributed by atoms with E-state index in [2.05, 4.69) is 52.1 Å². The lowest BCUT2D eigenvalue weighted by atomic mass is 9.85. The third-order valence-corrected chi connectivity index (χ3v) is 4.69. The topological polar surface area (TPSA) is 29.3 Å². The Bertz CT molecular complexity index is 381. The molecule has 0 radical (unpaired) electrons. The maximum absolute atomic E-state index is 6.21. The van der Waals surface area contributed by atoms with E-state index in [1.807, 2.05) is 0 Å². The highest BCUT2D eigenvalue weighted by Crippen LogP contribution is 2.24. The van der Waals surface area contributed by atoms with Crippen molar-refractivity contribution < 1.29 is 0 Å². The van der Waals surface area contributed by atoms with Crippen LogP contribution in [-0.4, -0.2) is 24.5 Å². The van der Waals surface area contributed by atoms with Crippen LogP contribution in [0.5, 0.6) is 0 Å². The first kappa shape index (κ1) is 14.0. The lowest BCUT2D eigenvalue weighted by Gasteiger charge is -2.32. The van der Waals surface area contributed by atoms with E-state index >= 15 is 0 Å². The predicted molar refractivity (Wildman–Crippen MR) is 80.4 cm³/mol. The van der Waals surface area contributed by atoms with E-state index in [4.69, 9.17) is 5.73 Å². The van der Waals surface area contributed by atoms with Gasteiger partial charge in [0.1, 0.15) is 0 Å². The van der Waals surface area contributed by atoms with Gasteiger partial charge in [0.25, 0.3) is 0 Å². The third-order valence-electron chi connectivity index (χ3n) is 3.91. The van der Waals surface area contributed by atoms with Crippen molar-refractivity contribution in [2.24, 2.45) is 11.7 Å². The highest BCUT2D eigenvalue weighted by Gasteiger charge is 2.22. The van der Waals surface area contributed by atoms with Crippen LogP contribution < -0.4 is 5.73 Å². The molecule has 1 fully saturated rings. The van der Waals surface area contributed by atoms with Gasteiger partial charge in [0, 0.05) is 23.6 Å². The normalized spacial score (nSPS) is 24.4. The standard InChI is InChI=1S/C15H23BrN2/c1-18(10-12-6-2-4-8-14(12)16)11-13-7-3-5-9-15(13)17/h2,4,6,8,13,15H,3,5,7,9-11,17H2,1H3. The van der Waals surface area contributed by atoms with Gasteiger partial charge in [0.15, 0.2) is 0 Å². The van der Waals surface area contributed by atoms with E-state index in [0.717, 1.165) is 13.1 Å². The molecule has 1 aliphatic carbocycles. The molecule has 1 aliphatic rings. The number of rotatable bonds is 4. The molecule has 0 saturated heterocycles. The van der Waals surface area contributed by atoms with Crippen LogP contribution in [0, 0.1) is 5.92 Å². The highest BCUT2D eigenvalue weighted by molar-refractivity contribution is 9.10. The van der Waals surface area contributed by atoms with Crippen molar-refractivity contribution >= 4 is 15.9 Å². The molecule has 2 atom stereocenters. The highest BCUT2D eigenvalue weighted by atomic mass is 79.9. The number of benzene rings is 1. The van der Waals surface area contributed by atoms with Crippen LogP contribution in [0.25, 0.3) is 0 Å². The maximum atomic E-state index is 6.21. The number of nitrogens with zero attached hydrogens (tertiary/aromatic N) is 1. The van der Waals surface area contributed by atoms with Crippen LogP contribution >= 0.6 is 15.9 Å².